The Kier molecular flexibility index (Phi) is 4.69. The maximum atomic E-state index is 12.5. The first kappa shape index (κ1) is 16.7. The molecule has 2 heterocycles. The summed E-state index contributed by atoms with van der Waals surface area (Å²) in [5.41, 5.74) is 0.500. The molecular formula is C18H22N2O4. The number of likely N-dealkylation sites (N-methyl/N-ethyl adjacent to an activating group) is 1. The average molecular weight is 330 g/mol. The lowest BCUT2D eigenvalue weighted by Crippen LogP contribution is -2.49. The summed E-state index contributed by atoms with van der Waals surface area (Å²) in [6.45, 7) is 4.58. The Morgan fingerprint density at radius 3 is 2.96 bits per heavy atom. The van der Waals surface area contributed by atoms with Gasteiger partial charge in [-0.05, 0) is 38.1 Å². The number of nitrogens with one attached hydrogen (secondary N) is 1. The van der Waals surface area contributed by atoms with E-state index in [0.29, 0.717) is 29.9 Å². The number of nitrogens with zero attached hydrogens (tertiary/aromatic N) is 1. The van der Waals surface area contributed by atoms with Gasteiger partial charge in [0.2, 0.25) is 0 Å². The van der Waals surface area contributed by atoms with Gasteiger partial charge in [-0.1, -0.05) is 0 Å². The summed E-state index contributed by atoms with van der Waals surface area (Å²) in [4.78, 5) is 26.8. The highest BCUT2D eigenvalue weighted by molar-refractivity contribution is 5.98. The minimum atomic E-state index is -0.646. The number of phenols is 1. The molecular weight excluding hydrogens is 308 g/mol. The number of ketones is 1. The molecule has 1 aromatic heterocycles. The fourth-order valence-electron chi connectivity index (χ4n) is 3.19. The van der Waals surface area contributed by atoms with Gasteiger partial charge in [-0.25, -0.2) is 4.79 Å². The van der Waals surface area contributed by atoms with E-state index in [1.807, 2.05) is 0 Å². The summed E-state index contributed by atoms with van der Waals surface area (Å²) >= 11 is 0. The lowest BCUT2D eigenvalue weighted by atomic mass is 10.0. The monoisotopic (exact) mass is 330 g/mol. The number of benzene rings is 1. The molecule has 2 N–H and O–H groups in total. The van der Waals surface area contributed by atoms with Crippen molar-refractivity contribution in [3.63, 3.8) is 0 Å². The highest BCUT2D eigenvalue weighted by Gasteiger charge is 2.21. The summed E-state index contributed by atoms with van der Waals surface area (Å²) in [6, 6.07) is 4.86. The molecule has 1 aliphatic rings. The van der Waals surface area contributed by atoms with Crippen molar-refractivity contribution in [2.45, 2.75) is 25.8 Å². The van der Waals surface area contributed by atoms with Gasteiger partial charge in [0, 0.05) is 43.5 Å². The summed E-state index contributed by atoms with van der Waals surface area (Å²) in [6.07, 6.45) is 1.01. The maximum Gasteiger partial charge on any atom is 0.347 e. The third-order valence-corrected chi connectivity index (χ3v) is 4.69. The highest BCUT2D eigenvalue weighted by atomic mass is 16.4. The van der Waals surface area contributed by atoms with E-state index in [1.165, 1.54) is 6.07 Å². The van der Waals surface area contributed by atoms with Crippen LogP contribution in [-0.4, -0.2) is 48.5 Å². The second-order valence-corrected chi connectivity index (χ2v) is 6.42. The maximum absolute atomic E-state index is 12.5. The summed E-state index contributed by atoms with van der Waals surface area (Å²) in [5.74, 6) is -0.160. The SMILES string of the molecule is Cc1cc(O)cc2oc(=O)c(C(=O)CCC3CNCCN3C)cc12. The van der Waals surface area contributed by atoms with Crippen molar-refractivity contribution >= 4 is 16.8 Å². The van der Waals surface area contributed by atoms with E-state index in [4.69, 9.17) is 4.42 Å². The second-order valence-electron chi connectivity index (χ2n) is 6.42. The summed E-state index contributed by atoms with van der Waals surface area (Å²) in [5, 5.41) is 13.6. The van der Waals surface area contributed by atoms with Crippen molar-refractivity contribution in [2.75, 3.05) is 26.7 Å². The van der Waals surface area contributed by atoms with Crippen LogP contribution in [0.3, 0.4) is 0 Å². The fraction of sp³-hybridized carbons (Fsp3) is 0.444. The number of aryl methyl sites for hydroxylation is 1. The van der Waals surface area contributed by atoms with Gasteiger partial charge in [0.1, 0.15) is 16.9 Å². The van der Waals surface area contributed by atoms with E-state index >= 15 is 0 Å². The number of hydrogen-bond donors (Lipinski definition) is 2. The largest absolute Gasteiger partial charge is 0.508 e. The zero-order valence-corrected chi connectivity index (χ0v) is 14.0. The lowest BCUT2D eigenvalue weighted by Gasteiger charge is -2.32. The first-order chi connectivity index (χ1) is 11.5. The predicted octanol–water partition coefficient (Wildman–Crippen LogP) is 1.67. The standard InChI is InChI=1S/C18H22N2O4/c1-11-7-13(21)8-17-14(11)9-15(18(23)24-17)16(22)4-3-12-10-19-5-6-20(12)2/h7-9,12,19,21H,3-6,10H2,1-2H3. The molecule has 1 aromatic carbocycles. The number of rotatable bonds is 4. The van der Waals surface area contributed by atoms with Gasteiger partial charge in [0.25, 0.3) is 0 Å². The minimum Gasteiger partial charge on any atom is -0.508 e. The first-order valence-electron chi connectivity index (χ1n) is 8.17. The van der Waals surface area contributed by atoms with Crippen LogP contribution in [-0.2, 0) is 0 Å². The third kappa shape index (κ3) is 3.34. The van der Waals surface area contributed by atoms with E-state index in [0.717, 1.165) is 25.2 Å². The Morgan fingerprint density at radius 1 is 1.42 bits per heavy atom. The van der Waals surface area contributed by atoms with E-state index in [1.54, 1.807) is 19.1 Å². The van der Waals surface area contributed by atoms with Crippen LogP contribution in [0.25, 0.3) is 11.0 Å². The molecule has 2 aromatic rings. The van der Waals surface area contributed by atoms with Gasteiger partial charge < -0.3 is 19.7 Å². The van der Waals surface area contributed by atoms with Crippen LogP contribution in [0.15, 0.2) is 27.4 Å². The van der Waals surface area contributed by atoms with Gasteiger partial charge in [0.05, 0.1) is 0 Å². The molecule has 1 aliphatic heterocycles. The summed E-state index contributed by atoms with van der Waals surface area (Å²) < 4.78 is 5.23. The molecule has 24 heavy (non-hydrogen) atoms. The molecule has 0 radical (unpaired) electrons. The quantitative estimate of drug-likeness (QED) is 0.655. The van der Waals surface area contributed by atoms with Gasteiger partial charge in [0.15, 0.2) is 5.78 Å². The normalized spacial score (nSPS) is 18.8. The minimum absolute atomic E-state index is 0.0371. The second kappa shape index (κ2) is 6.75. The molecule has 1 unspecified atom stereocenters. The van der Waals surface area contributed by atoms with Crippen LogP contribution >= 0.6 is 0 Å². The average Bonchev–Trinajstić information content (AvgIpc) is 2.53. The molecule has 0 bridgehead atoms. The molecule has 1 saturated heterocycles. The van der Waals surface area contributed by atoms with Crippen molar-refractivity contribution in [2.24, 2.45) is 0 Å². The Labute approximate surface area is 140 Å². The molecule has 6 heteroatoms. The van der Waals surface area contributed by atoms with Crippen LogP contribution in [0.4, 0.5) is 0 Å². The van der Waals surface area contributed by atoms with E-state index in [2.05, 4.69) is 17.3 Å². The molecule has 128 valence electrons. The van der Waals surface area contributed by atoms with Crippen molar-refractivity contribution < 1.29 is 14.3 Å². The van der Waals surface area contributed by atoms with Crippen LogP contribution in [0.2, 0.25) is 0 Å². The number of Topliss-reactive ketones (excluding diaryl/α,β-unsaturated/α-hetero) is 1. The number of aromatic hydroxyl groups is 1. The van der Waals surface area contributed by atoms with Crippen LogP contribution in [0.1, 0.15) is 28.8 Å². The Balaban J connectivity index is 1.82. The Morgan fingerprint density at radius 2 is 2.21 bits per heavy atom. The number of carbonyl (C=O) groups is 1. The molecule has 0 saturated carbocycles. The number of fused-ring (bicyclic) bond motifs is 1. The molecule has 3 rings (SSSR count). The van der Waals surface area contributed by atoms with Crippen molar-refractivity contribution in [3.8, 4) is 5.75 Å². The van der Waals surface area contributed by atoms with Crippen molar-refractivity contribution in [1.29, 1.82) is 0 Å². The number of hydrogen-bond acceptors (Lipinski definition) is 6. The highest BCUT2D eigenvalue weighted by Crippen LogP contribution is 2.24. The van der Waals surface area contributed by atoms with Crippen molar-refractivity contribution in [3.05, 3.63) is 39.7 Å². The van der Waals surface area contributed by atoms with Crippen LogP contribution in [0, 0.1) is 6.92 Å². The zero-order chi connectivity index (χ0) is 17.3. The van der Waals surface area contributed by atoms with E-state index in [-0.39, 0.29) is 17.1 Å². The predicted molar refractivity (Wildman–Crippen MR) is 91.7 cm³/mol. The van der Waals surface area contributed by atoms with Crippen LogP contribution in [0.5, 0.6) is 5.75 Å². The first-order valence-corrected chi connectivity index (χ1v) is 8.17. The fourth-order valence-corrected chi connectivity index (χ4v) is 3.19. The number of piperazine rings is 1. The molecule has 6 nitrogen and oxygen atoms in total. The van der Waals surface area contributed by atoms with Gasteiger partial charge in [-0.15, -0.1) is 0 Å². The number of carbonyl (C=O) groups excluding carboxylic acids is 1. The molecule has 0 aliphatic carbocycles. The number of phenolic OH excluding ortho intramolecular Hbond substituents is 1. The Hall–Kier alpha value is -2.18. The lowest BCUT2D eigenvalue weighted by molar-refractivity contribution is 0.0955. The zero-order valence-electron chi connectivity index (χ0n) is 14.0. The molecule has 0 amide bonds. The third-order valence-electron chi connectivity index (χ3n) is 4.69. The molecule has 0 spiro atoms. The van der Waals surface area contributed by atoms with Gasteiger partial charge in [-0.3, -0.25) is 4.79 Å². The molecule has 1 atom stereocenters. The Bertz CT molecular complexity index is 828. The molecule has 1 fully saturated rings. The van der Waals surface area contributed by atoms with Gasteiger partial charge in [-0.2, -0.15) is 0 Å². The topological polar surface area (TPSA) is 82.8 Å². The van der Waals surface area contributed by atoms with E-state index < -0.39 is 5.63 Å². The smallest absolute Gasteiger partial charge is 0.347 e. The summed E-state index contributed by atoms with van der Waals surface area (Å²) in [7, 11) is 2.05. The van der Waals surface area contributed by atoms with E-state index in [9.17, 15) is 14.7 Å². The van der Waals surface area contributed by atoms with Crippen LogP contribution < -0.4 is 10.9 Å². The van der Waals surface area contributed by atoms with Crippen molar-refractivity contribution in [1.82, 2.24) is 10.2 Å². The van der Waals surface area contributed by atoms with Gasteiger partial charge >= 0.3 is 5.63 Å².